The molecule has 1 fully saturated rings. The summed E-state index contributed by atoms with van der Waals surface area (Å²) in [6.45, 7) is 3.84. The van der Waals surface area contributed by atoms with Gasteiger partial charge < -0.3 is 4.74 Å². The molecule has 0 radical (unpaired) electrons. The van der Waals surface area contributed by atoms with Crippen molar-refractivity contribution in [3.8, 4) is 0 Å². The molecule has 0 N–H and O–H groups in total. The molecule has 0 aromatic heterocycles. The summed E-state index contributed by atoms with van der Waals surface area (Å²) in [6, 6.07) is 7.14. The van der Waals surface area contributed by atoms with Crippen LogP contribution >= 0.6 is 27.7 Å². The van der Waals surface area contributed by atoms with Gasteiger partial charge in [-0.05, 0) is 31.5 Å². The predicted molar refractivity (Wildman–Crippen MR) is 97.6 cm³/mol. The highest BCUT2D eigenvalue weighted by Gasteiger charge is 2.41. The summed E-state index contributed by atoms with van der Waals surface area (Å²) in [5.41, 5.74) is 1.89. The van der Waals surface area contributed by atoms with Crippen LogP contribution in [-0.2, 0) is 14.3 Å². The molecule has 1 unspecified atom stereocenters. The first kappa shape index (κ1) is 17.2. The number of rotatable bonds is 3. The molecule has 1 amide bonds. The monoisotopic (exact) mass is 408 g/mol. The molecule has 5 nitrogen and oxygen atoms in total. The molecule has 2 heterocycles. The summed E-state index contributed by atoms with van der Waals surface area (Å²) >= 11 is 5.01. The largest absolute Gasteiger partial charge is 0.463 e. The molecule has 1 atom stereocenters. The maximum atomic E-state index is 12.6. The normalized spacial score (nSPS) is 20.6. The summed E-state index contributed by atoms with van der Waals surface area (Å²) in [6.07, 6.45) is 0.434. The maximum absolute atomic E-state index is 12.6. The van der Waals surface area contributed by atoms with Crippen molar-refractivity contribution < 1.29 is 14.3 Å². The number of carbonyl (C=O) groups is 2. The van der Waals surface area contributed by atoms with E-state index in [4.69, 9.17) is 4.74 Å². The second-order valence-electron chi connectivity index (χ2n) is 5.43. The van der Waals surface area contributed by atoms with E-state index < -0.39 is 12.0 Å². The van der Waals surface area contributed by atoms with E-state index in [1.54, 1.807) is 30.5 Å². The van der Waals surface area contributed by atoms with Crippen molar-refractivity contribution in [3.63, 3.8) is 0 Å². The summed E-state index contributed by atoms with van der Waals surface area (Å²) < 4.78 is 6.12. The van der Waals surface area contributed by atoms with Crippen LogP contribution in [0.1, 0.15) is 31.9 Å². The minimum Gasteiger partial charge on any atom is -0.463 e. The van der Waals surface area contributed by atoms with Gasteiger partial charge in [-0.15, -0.1) is 0 Å². The van der Waals surface area contributed by atoms with E-state index in [1.807, 2.05) is 24.3 Å². The molecule has 2 aliphatic heterocycles. The van der Waals surface area contributed by atoms with Gasteiger partial charge in [0.15, 0.2) is 5.17 Å². The molecule has 2 aliphatic rings. The Hall–Kier alpha value is -1.60. The summed E-state index contributed by atoms with van der Waals surface area (Å²) in [4.78, 5) is 31.3. The number of fused-ring (bicyclic) bond motifs is 1. The van der Waals surface area contributed by atoms with E-state index in [1.165, 1.54) is 0 Å². The number of aliphatic imine (C=N–C) groups is 1. The van der Waals surface area contributed by atoms with Crippen LogP contribution in [0.4, 0.5) is 0 Å². The molecule has 1 saturated heterocycles. The van der Waals surface area contributed by atoms with Gasteiger partial charge in [-0.1, -0.05) is 39.8 Å². The number of allylic oxidation sites excluding steroid dienone is 1. The lowest BCUT2D eigenvalue weighted by Gasteiger charge is -2.38. The summed E-state index contributed by atoms with van der Waals surface area (Å²) in [5, 5.41) is 0.654. The van der Waals surface area contributed by atoms with Crippen molar-refractivity contribution in [3.05, 3.63) is 45.6 Å². The van der Waals surface area contributed by atoms with Gasteiger partial charge in [-0.2, -0.15) is 0 Å². The molecule has 1 aromatic carbocycles. The average molecular weight is 409 g/mol. The molecule has 0 saturated carbocycles. The fourth-order valence-corrected chi connectivity index (χ4v) is 4.28. The van der Waals surface area contributed by atoms with Crippen molar-refractivity contribution in [2.45, 2.75) is 26.3 Å². The number of ether oxygens (including phenoxy) is 1. The molecule has 0 aliphatic carbocycles. The summed E-state index contributed by atoms with van der Waals surface area (Å²) in [5.74, 6) is 0.263. The lowest BCUT2D eigenvalue weighted by molar-refractivity contribution is -0.139. The predicted octanol–water partition coefficient (Wildman–Crippen LogP) is 3.66. The highest BCUT2D eigenvalue weighted by Crippen LogP contribution is 2.40. The van der Waals surface area contributed by atoms with Crippen molar-refractivity contribution in [2.24, 2.45) is 4.99 Å². The van der Waals surface area contributed by atoms with Crippen molar-refractivity contribution >= 4 is 44.7 Å². The molecule has 0 bridgehead atoms. The first-order valence-electron chi connectivity index (χ1n) is 7.69. The number of carbonyl (C=O) groups excluding carboxylic acids is 2. The van der Waals surface area contributed by atoms with E-state index in [0.29, 0.717) is 28.6 Å². The van der Waals surface area contributed by atoms with E-state index in [0.717, 1.165) is 10.0 Å². The minimum absolute atomic E-state index is 0.0215. The van der Waals surface area contributed by atoms with Crippen molar-refractivity contribution in [2.75, 3.05) is 12.4 Å². The molecule has 7 heteroatoms. The third-order valence-electron chi connectivity index (χ3n) is 3.87. The molecule has 3 rings (SSSR count). The van der Waals surface area contributed by atoms with Gasteiger partial charge in [0.25, 0.3) is 0 Å². The fourth-order valence-electron chi connectivity index (χ4n) is 2.86. The van der Waals surface area contributed by atoms with Crippen LogP contribution in [0.3, 0.4) is 0 Å². The lowest BCUT2D eigenvalue weighted by Crippen LogP contribution is -2.45. The van der Waals surface area contributed by atoms with Crippen LogP contribution in [-0.4, -0.2) is 34.3 Å². The molecule has 0 spiro atoms. The van der Waals surface area contributed by atoms with Crippen molar-refractivity contribution in [1.29, 1.82) is 0 Å². The molecular formula is C17H17BrN2O3S. The first-order chi connectivity index (χ1) is 11.5. The van der Waals surface area contributed by atoms with E-state index in [-0.39, 0.29) is 12.5 Å². The van der Waals surface area contributed by atoms with E-state index in [2.05, 4.69) is 20.9 Å². The molecule has 1 aromatic rings. The standard InChI is InChI=1S/C17H17BrN2O3S/c1-3-23-16(22)14-10(2)19-17-20(13(21)7-8-24-17)15(14)11-5-4-6-12(18)9-11/h4-6,9,15H,3,7-8H2,1-2H3. The Morgan fingerprint density at radius 3 is 3.00 bits per heavy atom. The zero-order chi connectivity index (χ0) is 17.3. The Bertz CT molecular complexity index is 760. The van der Waals surface area contributed by atoms with Gasteiger partial charge in [0.05, 0.1) is 23.9 Å². The Balaban J connectivity index is 2.16. The van der Waals surface area contributed by atoms with Crippen LogP contribution in [0.2, 0.25) is 0 Å². The van der Waals surface area contributed by atoms with Gasteiger partial charge in [-0.3, -0.25) is 9.69 Å². The second kappa shape index (κ2) is 7.11. The van der Waals surface area contributed by atoms with Gasteiger partial charge in [0.1, 0.15) is 0 Å². The maximum Gasteiger partial charge on any atom is 0.338 e. The Labute approximate surface area is 153 Å². The highest BCUT2D eigenvalue weighted by atomic mass is 79.9. The Kier molecular flexibility index (Phi) is 5.10. The van der Waals surface area contributed by atoms with Gasteiger partial charge >= 0.3 is 5.97 Å². The smallest absolute Gasteiger partial charge is 0.338 e. The number of hydrogen-bond acceptors (Lipinski definition) is 5. The number of nitrogens with zero attached hydrogens (tertiary/aromatic N) is 2. The lowest BCUT2D eigenvalue weighted by atomic mass is 9.94. The van der Waals surface area contributed by atoms with Gasteiger partial charge in [-0.25, -0.2) is 9.79 Å². The fraction of sp³-hybridized carbons (Fsp3) is 0.353. The molecule has 24 heavy (non-hydrogen) atoms. The van der Waals surface area contributed by atoms with Crippen molar-refractivity contribution in [1.82, 2.24) is 4.90 Å². The van der Waals surface area contributed by atoms with E-state index >= 15 is 0 Å². The van der Waals surface area contributed by atoms with Crippen LogP contribution in [0, 0.1) is 0 Å². The van der Waals surface area contributed by atoms with Gasteiger partial charge in [0, 0.05) is 16.6 Å². The quantitative estimate of drug-likeness (QED) is 0.715. The second-order valence-corrected chi connectivity index (χ2v) is 7.41. The molecular weight excluding hydrogens is 392 g/mol. The van der Waals surface area contributed by atoms with E-state index in [9.17, 15) is 9.59 Å². The first-order valence-corrected chi connectivity index (χ1v) is 9.47. The Morgan fingerprint density at radius 2 is 2.29 bits per heavy atom. The number of amides is 1. The number of thioether (sulfide) groups is 1. The van der Waals surface area contributed by atoms with Gasteiger partial charge in [0.2, 0.25) is 5.91 Å². The summed E-state index contributed by atoms with van der Waals surface area (Å²) in [7, 11) is 0. The number of halogens is 1. The van der Waals surface area contributed by atoms with Crippen LogP contribution < -0.4 is 0 Å². The van der Waals surface area contributed by atoms with Crippen LogP contribution in [0.25, 0.3) is 0 Å². The number of esters is 1. The number of amidine groups is 1. The zero-order valence-corrected chi connectivity index (χ0v) is 15.8. The minimum atomic E-state index is -0.505. The number of hydrogen-bond donors (Lipinski definition) is 0. The molecule has 126 valence electrons. The topological polar surface area (TPSA) is 59.0 Å². The third-order valence-corrected chi connectivity index (χ3v) is 5.31. The third kappa shape index (κ3) is 3.15. The average Bonchev–Trinajstić information content (AvgIpc) is 2.54. The van der Waals surface area contributed by atoms with Crippen LogP contribution in [0.5, 0.6) is 0 Å². The Morgan fingerprint density at radius 1 is 1.50 bits per heavy atom. The van der Waals surface area contributed by atoms with Crippen LogP contribution in [0.15, 0.2) is 45.0 Å². The zero-order valence-electron chi connectivity index (χ0n) is 13.4. The SMILES string of the molecule is CCOC(=O)C1=C(C)N=C2SCCC(=O)N2C1c1cccc(Br)c1. The highest BCUT2D eigenvalue weighted by molar-refractivity contribution is 9.10. The number of benzene rings is 1.